The van der Waals surface area contributed by atoms with Gasteiger partial charge in [0.15, 0.2) is 17.1 Å². The topological polar surface area (TPSA) is 86.6 Å². The lowest BCUT2D eigenvalue weighted by molar-refractivity contribution is 0.0926. The van der Waals surface area contributed by atoms with E-state index in [4.69, 9.17) is 9.47 Å². The van der Waals surface area contributed by atoms with Gasteiger partial charge in [0.1, 0.15) is 11.6 Å². The second-order valence-corrected chi connectivity index (χ2v) is 7.35. The maximum Gasteiger partial charge on any atom is 0.267 e. The average molecular weight is 434 g/mol. The number of imide groups is 1. The highest BCUT2D eigenvalue weighted by Gasteiger charge is 2.40. The standard InChI is InChI=1S/C22H12F2N4O4/c1-10-18-19-15(8-25-20(18)28(26-10)14-5-11(23)4-12(24)6-14)21(29)27(22(19)30)13-2-3-16-17(7-13)32-9-31-16/h2-8H,9H2,1H3. The molecular formula is C22H12F2N4O4. The van der Waals surface area contributed by atoms with Gasteiger partial charge in [-0.3, -0.25) is 9.59 Å². The molecule has 0 saturated carbocycles. The van der Waals surface area contributed by atoms with Crippen LogP contribution in [-0.4, -0.2) is 33.4 Å². The molecule has 0 unspecified atom stereocenters. The summed E-state index contributed by atoms with van der Waals surface area (Å²) in [4.78, 5) is 31.8. The molecule has 4 aromatic rings. The lowest BCUT2D eigenvalue weighted by Crippen LogP contribution is -2.29. The fourth-order valence-electron chi connectivity index (χ4n) is 4.06. The molecule has 158 valence electrons. The first-order valence-corrected chi connectivity index (χ1v) is 9.55. The third-order valence-electron chi connectivity index (χ3n) is 5.43. The summed E-state index contributed by atoms with van der Waals surface area (Å²) < 4.78 is 39.4. The van der Waals surface area contributed by atoms with Gasteiger partial charge in [0.25, 0.3) is 11.8 Å². The quantitative estimate of drug-likeness (QED) is 0.449. The van der Waals surface area contributed by atoms with Crippen LogP contribution in [0, 0.1) is 18.6 Å². The second kappa shape index (κ2) is 6.33. The van der Waals surface area contributed by atoms with Gasteiger partial charge in [-0.05, 0) is 31.2 Å². The highest BCUT2D eigenvalue weighted by molar-refractivity contribution is 6.37. The van der Waals surface area contributed by atoms with Crippen LogP contribution in [-0.2, 0) is 0 Å². The molecule has 32 heavy (non-hydrogen) atoms. The van der Waals surface area contributed by atoms with Crippen molar-refractivity contribution < 1.29 is 27.8 Å². The van der Waals surface area contributed by atoms with Crippen molar-refractivity contribution in [2.75, 3.05) is 11.7 Å². The molecular weight excluding hydrogens is 422 g/mol. The first-order chi connectivity index (χ1) is 15.4. The van der Waals surface area contributed by atoms with Crippen molar-refractivity contribution in [3.05, 3.63) is 71.1 Å². The molecule has 0 radical (unpaired) electrons. The normalized spacial score (nSPS) is 14.5. The molecule has 2 aliphatic heterocycles. The number of anilines is 1. The summed E-state index contributed by atoms with van der Waals surface area (Å²) in [7, 11) is 0. The number of pyridine rings is 1. The third-order valence-corrected chi connectivity index (χ3v) is 5.43. The molecule has 0 saturated heterocycles. The molecule has 4 heterocycles. The molecule has 8 nitrogen and oxygen atoms in total. The molecule has 10 heteroatoms. The van der Waals surface area contributed by atoms with E-state index in [2.05, 4.69) is 10.1 Å². The van der Waals surface area contributed by atoms with Gasteiger partial charge in [0.05, 0.1) is 33.6 Å². The summed E-state index contributed by atoms with van der Waals surface area (Å²) in [5.74, 6) is -1.69. The first-order valence-electron chi connectivity index (χ1n) is 9.55. The van der Waals surface area contributed by atoms with Crippen molar-refractivity contribution in [2.24, 2.45) is 0 Å². The van der Waals surface area contributed by atoms with Gasteiger partial charge in [-0.1, -0.05) is 0 Å². The Morgan fingerprint density at radius 1 is 0.938 bits per heavy atom. The van der Waals surface area contributed by atoms with E-state index in [9.17, 15) is 18.4 Å². The van der Waals surface area contributed by atoms with Gasteiger partial charge >= 0.3 is 0 Å². The number of fused-ring (bicyclic) bond motifs is 4. The van der Waals surface area contributed by atoms with Gasteiger partial charge in [0, 0.05) is 18.3 Å². The molecule has 0 atom stereocenters. The molecule has 0 N–H and O–H groups in total. The van der Waals surface area contributed by atoms with E-state index in [0.717, 1.165) is 23.1 Å². The molecule has 0 bridgehead atoms. The Balaban J connectivity index is 1.52. The molecule has 0 fully saturated rings. The van der Waals surface area contributed by atoms with Gasteiger partial charge in [-0.25, -0.2) is 23.3 Å². The van der Waals surface area contributed by atoms with Crippen molar-refractivity contribution in [1.29, 1.82) is 0 Å². The fraction of sp³-hybridized carbons (Fsp3) is 0.0909. The average Bonchev–Trinajstić information content (AvgIpc) is 3.42. The van der Waals surface area contributed by atoms with Gasteiger partial charge in [-0.2, -0.15) is 5.10 Å². The van der Waals surface area contributed by atoms with Crippen LogP contribution in [0.3, 0.4) is 0 Å². The number of nitrogens with zero attached hydrogens (tertiary/aromatic N) is 4. The lowest BCUT2D eigenvalue weighted by atomic mass is 10.1. The summed E-state index contributed by atoms with van der Waals surface area (Å²) in [5.41, 5.74) is 1.29. The summed E-state index contributed by atoms with van der Waals surface area (Å²) in [6.45, 7) is 1.70. The highest BCUT2D eigenvalue weighted by Crippen LogP contribution is 2.39. The van der Waals surface area contributed by atoms with Crippen molar-refractivity contribution in [1.82, 2.24) is 14.8 Å². The minimum Gasteiger partial charge on any atom is -0.454 e. The minimum absolute atomic E-state index is 0.0600. The maximum atomic E-state index is 13.8. The number of halogens is 2. The van der Waals surface area contributed by atoms with Crippen molar-refractivity contribution in [3.63, 3.8) is 0 Å². The van der Waals surface area contributed by atoms with Gasteiger partial charge < -0.3 is 9.47 Å². The summed E-state index contributed by atoms with van der Waals surface area (Å²) in [6.07, 6.45) is 1.28. The number of amides is 2. The Labute approximate surface area is 178 Å². The number of carbonyl (C=O) groups is 2. The third kappa shape index (κ3) is 2.46. The zero-order valence-electron chi connectivity index (χ0n) is 16.4. The van der Waals surface area contributed by atoms with Crippen molar-refractivity contribution in [2.45, 2.75) is 6.92 Å². The maximum absolute atomic E-state index is 13.8. The number of rotatable bonds is 2. The number of hydrogen-bond donors (Lipinski definition) is 0. The zero-order chi connectivity index (χ0) is 22.1. The van der Waals surface area contributed by atoms with E-state index in [-0.39, 0.29) is 29.3 Å². The van der Waals surface area contributed by atoms with Crippen LogP contribution in [0.2, 0.25) is 0 Å². The van der Waals surface area contributed by atoms with Crippen LogP contribution in [0.25, 0.3) is 16.7 Å². The molecule has 2 aromatic heterocycles. The Kier molecular flexibility index (Phi) is 3.65. The smallest absolute Gasteiger partial charge is 0.267 e. The van der Waals surface area contributed by atoms with Crippen molar-refractivity contribution >= 4 is 28.5 Å². The molecule has 0 spiro atoms. The van der Waals surface area contributed by atoms with Crippen LogP contribution in [0.5, 0.6) is 11.5 Å². The minimum atomic E-state index is -0.775. The van der Waals surface area contributed by atoms with E-state index in [0.29, 0.717) is 28.3 Å². The van der Waals surface area contributed by atoms with E-state index < -0.39 is 23.4 Å². The van der Waals surface area contributed by atoms with E-state index in [1.165, 1.54) is 10.9 Å². The van der Waals surface area contributed by atoms with E-state index >= 15 is 0 Å². The number of carbonyl (C=O) groups excluding carboxylic acids is 2. The molecule has 0 aliphatic carbocycles. The SMILES string of the molecule is Cc1nn(-c2cc(F)cc(F)c2)c2ncc3c(c12)C(=O)N(c1ccc2c(c1)OCO2)C3=O. The largest absolute Gasteiger partial charge is 0.454 e. The number of aryl methyl sites for hydroxylation is 1. The molecule has 2 aromatic carbocycles. The number of aromatic nitrogens is 3. The predicted molar refractivity (Wildman–Crippen MR) is 107 cm³/mol. The molecule has 2 amide bonds. The Morgan fingerprint density at radius 3 is 2.47 bits per heavy atom. The van der Waals surface area contributed by atoms with Crippen LogP contribution >= 0.6 is 0 Å². The number of benzene rings is 2. The van der Waals surface area contributed by atoms with E-state index in [1.54, 1.807) is 25.1 Å². The predicted octanol–water partition coefficient (Wildman–Crippen LogP) is 3.54. The summed E-state index contributed by atoms with van der Waals surface area (Å²) in [5, 5.41) is 4.67. The number of ether oxygens (including phenoxy) is 2. The fourth-order valence-corrected chi connectivity index (χ4v) is 4.06. The molecule has 2 aliphatic rings. The van der Waals surface area contributed by atoms with Crippen LogP contribution < -0.4 is 14.4 Å². The molecule has 6 rings (SSSR count). The monoisotopic (exact) mass is 434 g/mol. The van der Waals surface area contributed by atoms with Crippen LogP contribution in [0.1, 0.15) is 26.4 Å². The van der Waals surface area contributed by atoms with E-state index in [1.807, 2.05) is 0 Å². The lowest BCUT2D eigenvalue weighted by Gasteiger charge is -2.14. The highest BCUT2D eigenvalue weighted by atomic mass is 19.1. The summed E-state index contributed by atoms with van der Waals surface area (Å²) in [6, 6.07) is 7.73. The van der Waals surface area contributed by atoms with Gasteiger partial charge in [0.2, 0.25) is 6.79 Å². The van der Waals surface area contributed by atoms with Gasteiger partial charge in [-0.15, -0.1) is 0 Å². The first kappa shape index (κ1) is 18.4. The number of hydrogen-bond acceptors (Lipinski definition) is 6. The zero-order valence-corrected chi connectivity index (χ0v) is 16.4. The summed E-state index contributed by atoms with van der Waals surface area (Å²) >= 11 is 0. The Bertz CT molecular complexity index is 1480. The van der Waals surface area contributed by atoms with Crippen molar-refractivity contribution in [3.8, 4) is 17.2 Å². The van der Waals surface area contributed by atoms with Crippen LogP contribution in [0.4, 0.5) is 14.5 Å². The second-order valence-electron chi connectivity index (χ2n) is 7.35. The Morgan fingerprint density at radius 2 is 1.69 bits per heavy atom. The Hall–Kier alpha value is -4.34. The van der Waals surface area contributed by atoms with Crippen LogP contribution in [0.15, 0.2) is 42.6 Å².